The van der Waals surface area contributed by atoms with Crippen molar-refractivity contribution >= 4 is 23.2 Å². The maximum Gasteiger partial charge on any atom is 0.416 e. The zero-order valence-corrected chi connectivity index (χ0v) is 16.0. The molecule has 0 aliphatic carbocycles. The van der Waals surface area contributed by atoms with Crippen LogP contribution >= 0.6 is 11.6 Å². The van der Waals surface area contributed by atoms with Gasteiger partial charge in [0.15, 0.2) is 0 Å². The molecule has 0 saturated carbocycles. The molecule has 1 heterocycles. The minimum atomic E-state index is -4.60. The second-order valence-corrected chi connectivity index (χ2v) is 6.44. The Morgan fingerprint density at radius 3 is 2.39 bits per heavy atom. The average Bonchev–Trinajstić information content (AvgIpc) is 2.73. The van der Waals surface area contributed by atoms with Crippen LogP contribution in [0.5, 0.6) is 11.5 Å². The minimum absolute atomic E-state index is 0.123. The lowest BCUT2D eigenvalue weighted by Crippen LogP contribution is -2.58. The molecular formula is C19H12ClF3N3O5+. The number of alkyl halides is 3. The molecule has 2 aromatic carbocycles. The summed E-state index contributed by atoms with van der Waals surface area (Å²) < 4.78 is 44.7. The number of carbonyl (C=O) groups is 1. The highest BCUT2D eigenvalue weighted by Gasteiger charge is 2.32. The van der Waals surface area contributed by atoms with Crippen molar-refractivity contribution in [1.29, 1.82) is 0 Å². The first-order valence-corrected chi connectivity index (χ1v) is 8.78. The first-order valence-electron chi connectivity index (χ1n) is 8.41. The van der Waals surface area contributed by atoms with E-state index in [4.69, 9.17) is 16.3 Å². The van der Waals surface area contributed by atoms with E-state index in [1.807, 2.05) is 0 Å². The van der Waals surface area contributed by atoms with E-state index in [9.17, 15) is 33.3 Å². The third kappa shape index (κ3) is 4.90. The molecule has 1 aromatic heterocycles. The maximum absolute atomic E-state index is 12.8. The summed E-state index contributed by atoms with van der Waals surface area (Å²) in [6.45, 7) is 0. The summed E-state index contributed by atoms with van der Waals surface area (Å²) in [5, 5.41) is 21.2. The van der Waals surface area contributed by atoms with E-state index >= 15 is 0 Å². The Labute approximate surface area is 177 Å². The Hall–Kier alpha value is -3.70. The normalized spacial score (nSPS) is 11.1. The summed E-state index contributed by atoms with van der Waals surface area (Å²) in [6, 6.07) is 10.1. The number of aromatic nitrogens is 1. The lowest BCUT2D eigenvalue weighted by molar-refractivity contribution is -0.715. The van der Waals surface area contributed by atoms with E-state index < -0.39 is 33.8 Å². The predicted octanol–water partition coefficient (Wildman–Crippen LogP) is 4.51. The summed E-state index contributed by atoms with van der Waals surface area (Å²) in [5.41, 5.74) is -2.13. The molecule has 3 aromatic rings. The van der Waals surface area contributed by atoms with Crippen LogP contribution in [0.25, 0.3) is 0 Å². The lowest BCUT2D eigenvalue weighted by Gasteiger charge is -2.12. The van der Waals surface area contributed by atoms with Gasteiger partial charge in [-0.15, -0.1) is 0 Å². The molecule has 31 heavy (non-hydrogen) atoms. The molecule has 160 valence electrons. The van der Waals surface area contributed by atoms with Crippen LogP contribution in [0.1, 0.15) is 15.9 Å². The number of hydrogen-bond acceptors (Lipinski definition) is 5. The van der Waals surface area contributed by atoms with Gasteiger partial charge in [-0.1, -0.05) is 22.3 Å². The van der Waals surface area contributed by atoms with Crippen molar-refractivity contribution in [2.75, 3.05) is 5.17 Å². The van der Waals surface area contributed by atoms with Crippen molar-refractivity contribution in [3.8, 4) is 11.5 Å². The predicted molar refractivity (Wildman–Crippen MR) is 101 cm³/mol. The van der Waals surface area contributed by atoms with Gasteiger partial charge in [-0.25, -0.2) is 5.21 Å². The van der Waals surface area contributed by atoms with Crippen molar-refractivity contribution in [3.05, 3.63) is 93.3 Å². The van der Waals surface area contributed by atoms with Crippen LogP contribution < -0.4 is 14.6 Å². The average molecular weight is 455 g/mol. The van der Waals surface area contributed by atoms with E-state index in [-0.39, 0.29) is 21.7 Å². The van der Waals surface area contributed by atoms with E-state index in [1.165, 1.54) is 24.5 Å². The Morgan fingerprint density at radius 2 is 1.81 bits per heavy atom. The highest BCUT2D eigenvalue weighted by atomic mass is 35.5. The van der Waals surface area contributed by atoms with Gasteiger partial charge in [0.2, 0.25) is 12.4 Å². The van der Waals surface area contributed by atoms with Crippen LogP contribution in [0.4, 0.5) is 18.9 Å². The molecule has 0 saturated heterocycles. The molecule has 0 aliphatic rings. The molecule has 1 N–H and O–H groups in total. The summed E-state index contributed by atoms with van der Waals surface area (Å²) in [4.78, 5) is 23.1. The number of halogens is 4. The van der Waals surface area contributed by atoms with E-state index in [0.717, 1.165) is 35.0 Å². The van der Waals surface area contributed by atoms with E-state index in [2.05, 4.69) is 0 Å². The Bertz CT molecular complexity index is 1140. The maximum atomic E-state index is 12.8. The molecule has 0 aliphatic heterocycles. The van der Waals surface area contributed by atoms with Gasteiger partial charge in [0.25, 0.3) is 5.69 Å². The molecule has 0 unspecified atom stereocenters. The Balaban J connectivity index is 1.95. The summed E-state index contributed by atoms with van der Waals surface area (Å²) >= 11 is 5.85. The van der Waals surface area contributed by atoms with Gasteiger partial charge >= 0.3 is 12.1 Å². The number of nitro groups is 1. The van der Waals surface area contributed by atoms with Gasteiger partial charge < -0.3 is 4.74 Å². The second-order valence-electron chi connectivity index (χ2n) is 6.03. The fourth-order valence-electron chi connectivity index (χ4n) is 2.52. The number of amides is 1. The van der Waals surface area contributed by atoms with Gasteiger partial charge in [-0.3, -0.25) is 14.9 Å². The number of pyridine rings is 1. The number of nitrogens with zero attached hydrogens (tertiary/aromatic N) is 3. The molecular weight excluding hydrogens is 443 g/mol. The number of benzene rings is 2. The van der Waals surface area contributed by atoms with Crippen LogP contribution in [0.2, 0.25) is 5.02 Å². The largest absolute Gasteiger partial charge is 0.456 e. The van der Waals surface area contributed by atoms with Crippen LogP contribution in [0.3, 0.4) is 0 Å². The summed E-state index contributed by atoms with van der Waals surface area (Å²) in [7, 11) is 0. The molecule has 0 spiro atoms. The summed E-state index contributed by atoms with van der Waals surface area (Å²) in [5.74, 6) is -1.44. The van der Waals surface area contributed by atoms with Crippen LogP contribution in [0.15, 0.2) is 67.0 Å². The number of rotatable bonds is 5. The smallest absolute Gasteiger partial charge is 0.416 e. The Morgan fingerprint density at radius 1 is 1.13 bits per heavy atom. The second kappa shape index (κ2) is 8.58. The fraction of sp³-hybridized carbons (Fsp3) is 0.0526. The molecule has 0 fully saturated rings. The third-order valence-corrected chi connectivity index (χ3v) is 4.28. The van der Waals surface area contributed by atoms with Crippen molar-refractivity contribution in [2.45, 2.75) is 6.18 Å². The van der Waals surface area contributed by atoms with Crippen LogP contribution in [-0.2, 0) is 6.18 Å². The zero-order valence-electron chi connectivity index (χ0n) is 15.3. The van der Waals surface area contributed by atoms with Gasteiger partial charge in [0, 0.05) is 29.4 Å². The molecule has 12 heteroatoms. The lowest BCUT2D eigenvalue weighted by atomic mass is 10.1. The summed E-state index contributed by atoms with van der Waals surface area (Å²) in [6.07, 6.45) is -1.95. The molecule has 0 bridgehead atoms. The third-order valence-electron chi connectivity index (χ3n) is 3.98. The zero-order chi connectivity index (χ0) is 22.8. The molecule has 1 amide bonds. The SMILES string of the molecule is O=C(c1cc(Oc2ccc(C(F)(F)F)cc2Cl)ccc1[N+](=O)[O-])N(O)[n+]1ccccc1. The van der Waals surface area contributed by atoms with Crippen molar-refractivity contribution in [2.24, 2.45) is 0 Å². The molecule has 3 rings (SSSR count). The van der Waals surface area contributed by atoms with Crippen molar-refractivity contribution in [1.82, 2.24) is 0 Å². The van der Waals surface area contributed by atoms with Gasteiger partial charge in [0.05, 0.1) is 15.5 Å². The van der Waals surface area contributed by atoms with Crippen molar-refractivity contribution in [3.63, 3.8) is 0 Å². The fourth-order valence-corrected chi connectivity index (χ4v) is 2.74. The van der Waals surface area contributed by atoms with Gasteiger partial charge in [-0.2, -0.15) is 13.2 Å². The first-order chi connectivity index (χ1) is 14.6. The molecule has 0 radical (unpaired) electrons. The Kier molecular flexibility index (Phi) is 6.09. The van der Waals surface area contributed by atoms with Crippen molar-refractivity contribution < 1.29 is 37.5 Å². The number of hydrogen-bond donors (Lipinski definition) is 1. The molecule has 0 atom stereocenters. The number of nitro benzene ring substituents is 1. The van der Waals surface area contributed by atoms with E-state index in [0.29, 0.717) is 6.07 Å². The number of hydroxylamine groups is 1. The highest BCUT2D eigenvalue weighted by Crippen LogP contribution is 2.37. The van der Waals surface area contributed by atoms with E-state index in [1.54, 1.807) is 6.07 Å². The van der Waals surface area contributed by atoms with Crippen LogP contribution in [0, 0.1) is 10.1 Å². The number of carbonyl (C=O) groups excluding carboxylic acids is 1. The minimum Gasteiger partial charge on any atom is -0.456 e. The van der Waals surface area contributed by atoms with Gasteiger partial charge in [-0.05, 0) is 24.3 Å². The monoisotopic (exact) mass is 454 g/mol. The number of ether oxygens (including phenoxy) is 1. The highest BCUT2D eigenvalue weighted by molar-refractivity contribution is 6.32. The first kappa shape index (κ1) is 22.0. The molecule has 8 nitrogen and oxygen atoms in total. The van der Waals surface area contributed by atoms with Gasteiger partial charge in [0.1, 0.15) is 17.1 Å². The van der Waals surface area contributed by atoms with Crippen LogP contribution in [-0.4, -0.2) is 16.0 Å². The quantitative estimate of drug-likeness (QED) is 0.265. The standard InChI is InChI=1S/C19H12ClF3N3O5/c20-15-10-12(19(21,22)23)4-7-17(15)31-13-5-6-16(26(29)30)14(11-13)18(27)25(28)24-8-2-1-3-9-24/h1-11,28H/q+1. The topological polar surface area (TPSA) is 96.8 Å².